The van der Waals surface area contributed by atoms with Gasteiger partial charge in [-0.05, 0) is 190 Å². The molecule has 20 aromatic rings. The minimum Gasteiger partial charge on any atom is -0.311 e. The highest BCUT2D eigenvalue weighted by atomic mass is 28.3. The first-order chi connectivity index (χ1) is 62.7. The molecule has 3 heterocycles. The van der Waals surface area contributed by atoms with Crippen LogP contribution in [0.4, 0.5) is 34.1 Å². The SMILES string of the molecule is CC(C)(C)c1ccc2c3ccc(C(C)(C)C)cc3n(-c3ccc4c(c3)N(c3ccccc3-c3ccccc3)c3cc(-c5cc([Si](c6ccccc6)(c6ccccc6)c6cccc(-c7ccccc7)c6)cc([Si](c6ccccc6)(c6ccccc6)c6cccc(-c7ccccc7)c6)c5)cc5c3B4c3ccc(-c4ccccc4)cc3N5c3ccccc3-c3ccccc3)c2c1. The molecule has 1 aromatic heterocycles. The van der Waals surface area contributed by atoms with Crippen LogP contribution >= 0.6 is 0 Å². The summed E-state index contributed by atoms with van der Waals surface area (Å²) in [5.41, 5.74) is 29.8. The third-order valence-electron chi connectivity index (χ3n) is 27.1. The second-order valence-electron chi connectivity index (χ2n) is 36.6. The van der Waals surface area contributed by atoms with Gasteiger partial charge in [0.2, 0.25) is 0 Å². The lowest BCUT2D eigenvalue weighted by molar-refractivity contribution is 0.591. The van der Waals surface area contributed by atoms with Gasteiger partial charge in [-0.1, -0.05) is 460 Å². The van der Waals surface area contributed by atoms with Crippen molar-refractivity contribution in [3.8, 4) is 72.4 Å². The highest BCUT2D eigenvalue weighted by Gasteiger charge is 2.49. The monoisotopic (exact) mass is 1670 g/mol. The van der Waals surface area contributed by atoms with E-state index < -0.39 is 16.1 Å². The molecule has 0 unspecified atom stereocenters. The highest BCUT2D eigenvalue weighted by Crippen LogP contribution is 2.51. The van der Waals surface area contributed by atoms with Gasteiger partial charge in [-0.15, -0.1) is 0 Å². The molecule has 2 aliphatic heterocycles. The Morgan fingerprint density at radius 3 is 0.898 bits per heavy atom. The molecule has 0 bridgehead atoms. The number of fused-ring (bicyclic) bond motifs is 7. The third kappa shape index (κ3) is 13.6. The smallest absolute Gasteiger partial charge is 0.252 e. The van der Waals surface area contributed by atoms with E-state index in [1.807, 2.05) is 0 Å². The fourth-order valence-corrected chi connectivity index (χ4v) is 30.8. The minimum absolute atomic E-state index is 0.121. The van der Waals surface area contributed by atoms with Crippen LogP contribution in [-0.2, 0) is 10.8 Å². The van der Waals surface area contributed by atoms with Crippen molar-refractivity contribution < 1.29 is 0 Å². The summed E-state index contributed by atoms with van der Waals surface area (Å²) in [6.45, 7) is 13.8. The van der Waals surface area contributed by atoms with Crippen LogP contribution in [0, 0.1) is 0 Å². The molecule has 3 nitrogen and oxygen atoms in total. The van der Waals surface area contributed by atoms with Gasteiger partial charge in [0.15, 0.2) is 16.1 Å². The summed E-state index contributed by atoms with van der Waals surface area (Å²) in [5.74, 6) is 0. The van der Waals surface area contributed by atoms with Gasteiger partial charge in [-0.3, -0.25) is 0 Å². The molecule has 22 rings (SSSR count). The zero-order valence-electron chi connectivity index (χ0n) is 73.0. The summed E-state index contributed by atoms with van der Waals surface area (Å²) in [6, 6.07) is 182. The average molecular weight is 1670 g/mol. The molecule has 0 aliphatic carbocycles. The van der Waals surface area contributed by atoms with Crippen molar-refractivity contribution in [2.24, 2.45) is 0 Å². The normalized spacial score (nSPS) is 12.6. The molecule has 2 aliphatic rings. The summed E-state index contributed by atoms with van der Waals surface area (Å²) < 4.78 is 2.60. The van der Waals surface area contributed by atoms with Crippen molar-refractivity contribution >= 4 is 137 Å². The van der Waals surface area contributed by atoms with Crippen molar-refractivity contribution in [1.29, 1.82) is 0 Å². The molecule has 0 saturated carbocycles. The van der Waals surface area contributed by atoms with E-state index in [4.69, 9.17) is 0 Å². The maximum absolute atomic E-state index is 3.61. The van der Waals surface area contributed by atoms with E-state index >= 15 is 0 Å². The van der Waals surface area contributed by atoms with Crippen LogP contribution in [-0.4, -0.2) is 27.4 Å². The van der Waals surface area contributed by atoms with E-state index in [1.165, 1.54) is 113 Å². The Bertz CT molecular complexity index is 7220. The first-order valence-electron chi connectivity index (χ1n) is 45.0. The molecule has 0 amide bonds. The molecular formula is C122H96BN3Si2. The number of benzene rings is 19. The molecular weight excluding hydrogens is 1570 g/mol. The minimum atomic E-state index is -3.61. The zero-order chi connectivity index (χ0) is 86.2. The first kappa shape index (κ1) is 79.0. The molecule has 0 atom stereocenters. The van der Waals surface area contributed by atoms with Gasteiger partial charge in [0.25, 0.3) is 6.71 Å². The lowest BCUT2D eigenvalue weighted by atomic mass is 9.33. The number of anilines is 6. The number of aromatic nitrogens is 1. The number of hydrogen-bond donors (Lipinski definition) is 0. The van der Waals surface area contributed by atoms with E-state index in [9.17, 15) is 0 Å². The lowest BCUT2D eigenvalue weighted by Gasteiger charge is -2.45. The van der Waals surface area contributed by atoms with Crippen LogP contribution in [0.3, 0.4) is 0 Å². The van der Waals surface area contributed by atoms with Gasteiger partial charge >= 0.3 is 0 Å². The molecule has 19 aromatic carbocycles. The molecule has 0 N–H and O–H groups in total. The zero-order valence-corrected chi connectivity index (χ0v) is 75.0. The molecule has 128 heavy (non-hydrogen) atoms. The van der Waals surface area contributed by atoms with E-state index in [0.29, 0.717) is 0 Å². The van der Waals surface area contributed by atoms with Crippen molar-refractivity contribution in [2.75, 3.05) is 9.80 Å². The van der Waals surface area contributed by atoms with E-state index in [2.05, 4.69) is 529 Å². The van der Waals surface area contributed by atoms with Crippen LogP contribution in [0.5, 0.6) is 0 Å². The predicted molar refractivity (Wildman–Crippen MR) is 552 cm³/mol. The van der Waals surface area contributed by atoms with Crippen molar-refractivity contribution in [3.63, 3.8) is 0 Å². The molecule has 610 valence electrons. The second kappa shape index (κ2) is 32.2. The lowest BCUT2D eigenvalue weighted by Crippen LogP contribution is -2.78. The molecule has 0 radical (unpaired) electrons. The number of rotatable bonds is 17. The predicted octanol–water partition coefficient (Wildman–Crippen LogP) is 24.2. The summed E-state index contributed by atoms with van der Waals surface area (Å²) in [7, 11) is -7.22. The van der Waals surface area contributed by atoms with E-state index in [0.717, 1.165) is 84.3 Å². The second-order valence-corrected chi connectivity index (χ2v) is 44.3. The Balaban J connectivity index is 0.932. The Labute approximate surface area is 754 Å². The molecule has 6 heteroatoms. The largest absolute Gasteiger partial charge is 0.311 e. The third-order valence-corrected chi connectivity index (χ3v) is 36.6. The van der Waals surface area contributed by atoms with Crippen LogP contribution in [0.2, 0.25) is 0 Å². The summed E-state index contributed by atoms with van der Waals surface area (Å²) >= 11 is 0. The molecule has 0 saturated heterocycles. The van der Waals surface area contributed by atoms with Crippen LogP contribution in [0.1, 0.15) is 52.7 Å². The van der Waals surface area contributed by atoms with E-state index in [1.54, 1.807) is 0 Å². The van der Waals surface area contributed by atoms with Gasteiger partial charge in [-0.2, -0.15) is 0 Å². The van der Waals surface area contributed by atoms with Gasteiger partial charge in [0.05, 0.1) is 22.4 Å². The summed E-state index contributed by atoms with van der Waals surface area (Å²) in [4.78, 5) is 5.38. The first-order valence-corrected chi connectivity index (χ1v) is 49.0. The van der Waals surface area contributed by atoms with Gasteiger partial charge in [-0.25, -0.2) is 0 Å². The quantitative estimate of drug-likeness (QED) is 0.0665. The molecule has 0 spiro atoms. The van der Waals surface area contributed by atoms with E-state index in [-0.39, 0.29) is 17.5 Å². The number of hydrogen-bond acceptors (Lipinski definition) is 2. The summed E-state index contributed by atoms with van der Waals surface area (Å²) in [6.07, 6.45) is 0. The maximum atomic E-state index is 2.73. The van der Waals surface area contributed by atoms with Gasteiger partial charge in [0.1, 0.15) is 0 Å². The fraction of sp³-hybridized carbons (Fsp3) is 0.0656. The van der Waals surface area contributed by atoms with Gasteiger partial charge < -0.3 is 14.4 Å². The standard InChI is InChI=1S/C122H96BN3Si2/c1-121(2,3)95-67-70-108-109-71-68-96(122(4,5)6)82-115(109)124(114(108)81-95)97-69-73-111-117(83-97)126(113-65-37-35-63-107(113)89-48-24-11-25-49-89)119-80-94(79-118-120(119)123(111)110-72-66-92(87-44-20-9-21-45-87)78-116(110)125(118)112-64-36-34-62-106(112)88-46-22-10-23-47-88)93-76-104(127(98-52-26-12-27-53-98,99-54-28-13-29-55-99)102-60-38-50-90(74-102)85-40-16-7-17-41-85)84-105(77-93)128(100-56-30-14-31-57-100,101-58-32-15-33-59-101)103-61-39-51-91(75-103)86-42-18-8-19-43-86/h7-84H,1-6H3. The van der Waals surface area contributed by atoms with Crippen molar-refractivity contribution in [3.05, 3.63) is 484 Å². The maximum Gasteiger partial charge on any atom is 0.252 e. The Morgan fingerprint density at radius 1 is 0.203 bits per heavy atom. The average Bonchev–Trinajstić information content (AvgIpc) is 0.705. The Kier molecular flexibility index (Phi) is 19.9. The summed E-state index contributed by atoms with van der Waals surface area (Å²) in [5, 5.41) is 12.8. The Morgan fingerprint density at radius 2 is 0.508 bits per heavy atom. The fourth-order valence-electron chi connectivity index (χ4n) is 21.0. The van der Waals surface area contributed by atoms with Crippen LogP contribution in [0.25, 0.3) is 94.3 Å². The number of nitrogens with zero attached hydrogens (tertiary/aromatic N) is 3. The van der Waals surface area contributed by atoms with Crippen LogP contribution in [0.15, 0.2) is 473 Å². The molecule has 0 fully saturated rings. The topological polar surface area (TPSA) is 11.4 Å². The van der Waals surface area contributed by atoms with Gasteiger partial charge in [0, 0.05) is 50.3 Å². The number of para-hydroxylation sites is 2. The van der Waals surface area contributed by atoms with Crippen LogP contribution < -0.4 is 67.7 Å². The van der Waals surface area contributed by atoms with Crippen molar-refractivity contribution in [1.82, 2.24) is 4.57 Å². The Hall–Kier alpha value is -14.9. The van der Waals surface area contributed by atoms with Crippen molar-refractivity contribution in [2.45, 2.75) is 52.4 Å². The highest BCUT2D eigenvalue weighted by molar-refractivity contribution is 7.22.